The van der Waals surface area contributed by atoms with E-state index in [4.69, 9.17) is 142 Å². The molecule has 0 radical (unpaired) electrons. The van der Waals surface area contributed by atoms with Crippen LogP contribution in [0.3, 0.4) is 0 Å². The van der Waals surface area contributed by atoms with Gasteiger partial charge in [-0.2, -0.15) is 0 Å². The molecule has 0 aromatic rings. The van der Waals surface area contributed by atoms with Gasteiger partial charge in [0.25, 0.3) is 0 Å². The fraction of sp³-hybridized carbons (Fsp3) is 0. The molecule has 0 saturated heterocycles. The SMILES string of the molecule is O.O.O.[C-]#N.[C-]#N.[C-]#N.[C-]#N.[C-]#N.[C-]#N.[C-]#N.[C-]#N.[C-]#N.[C-]#N.[C-]#N.[C-]#N.[Fe+4].[Fe+4].[K+].[K+].[K+].[K+]. The quantitative estimate of drug-likeness (QED) is 0.177. The molecule has 152 valence electrons. The molecule has 0 heterocycles. The van der Waals surface area contributed by atoms with Crippen molar-refractivity contribution in [1.29, 1.82) is 63.1 Å². The Hall–Kier alpha value is 1.34. The van der Waals surface area contributed by atoms with Crippen molar-refractivity contribution in [3.8, 4) is 0 Å². The minimum atomic E-state index is 0. The summed E-state index contributed by atoms with van der Waals surface area (Å²) in [6.45, 7) is 57.0. The van der Waals surface area contributed by atoms with Crippen molar-refractivity contribution in [3.05, 3.63) is 78.9 Å². The van der Waals surface area contributed by atoms with Gasteiger partial charge in [-0.1, -0.05) is 0 Å². The third-order valence-electron chi connectivity index (χ3n) is 0. The molecule has 0 amide bonds. The first-order chi connectivity index (χ1) is 12.0. The maximum Gasteiger partial charge on any atom is 4.00 e. The Morgan fingerprint density at radius 2 is 0.182 bits per heavy atom. The third-order valence-corrected chi connectivity index (χ3v) is 0. The normalized spacial score (nSPS) is 0.727. The van der Waals surface area contributed by atoms with Gasteiger partial charge >= 0.3 is 240 Å². The summed E-state index contributed by atoms with van der Waals surface area (Å²) in [5.74, 6) is 0. The Kier molecular flexibility index (Phi) is 125000. The summed E-state index contributed by atoms with van der Waals surface area (Å²) < 4.78 is 0. The minimum Gasteiger partial charge on any atom is -0.512 e. The standard InChI is InChI=1S/12CN.2Fe.4K.3H2O/c12*1-2;;;;;;;;;/h;;;;;;;;;;;;;;;;;;3*1H2/q12*-1;2*+4;4*+1;;;. The summed E-state index contributed by atoms with van der Waals surface area (Å²) in [6.07, 6.45) is 0. The van der Waals surface area contributed by atoms with Crippen LogP contribution in [0.4, 0.5) is 0 Å². The molecule has 0 aromatic carbocycles. The van der Waals surface area contributed by atoms with Crippen molar-refractivity contribution in [3.63, 3.8) is 0 Å². The zero-order valence-corrected chi connectivity index (χ0v) is 32.3. The maximum absolute atomic E-state index is 6.25. The van der Waals surface area contributed by atoms with E-state index in [1.165, 1.54) is 0 Å². The summed E-state index contributed by atoms with van der Waals surface area (Å²) >= 11 is 0. The predicted molar refractivity (Wildman–Crippen MR) is 70.5 cm³/mol. The van der Waals surface area contributed by atoms with Crippen LogP contribution in [0.25, 0.3) is 0 Å². The zero-order chi connectivity index (χ0) is 24.0. The number of hydrogen-bond acceptors (Lipinski definition) is 12. The Labute approximate surface area is 388 Å². The van der Waals surface area contributed by atoms with Crippen molar-refractivity contribution in [2.75, 3.05) is 0 Å². The molecule has 0 fully saturated rings. The molecule has 0 aliphatic carbocycles. The third kappa shape index (κ3) is 18100. The second kappa shape index (κ2) is 19300. The van der Waals surface area contributed by atoms with Gasteiger partial charge in [-0.3, -0.25) is 0 Å². The second-order valence-corrected chi connectivity index (χ2v) is 0. The number of hydrogen-bond donors (Lipinski definition) is 0. The molecule has 6 N–H and O–H groups in total. The largest absolute Gasteiger partial charge is 4.00 e. The molecular formula is C12H6Fe2K4N12O3. The van der Waals surface area contributed by atoms with Crippen molar-refractivity contribution in [2.24, 2.45) is 0 Å². The van der Waals surface area contributed by atoms with Gasteiger partial charge in [-0.15, -0.1) is 0 Å². The Morgan fingerprint density at radius 1 is 0.182 bits per heavy atom. The van der Waals surface area contributed by atoms with E-state index in [-0.39, 0.29) is 256 Å². The minimum absolute atomic E-state index is 0. The molecular weight excluding hydrogens is 628 g/mol. The second-order valence-electron chi connectivity index (χ2n) is 0. The van der Waals surface area contributed by atoms with Crippen LogP contribution in [0, 0.1) is 142 Å². The van der Waals surface area contributed by atoms with Gasteiger partial charge in [0.15, 0.2) is 0 Å². The average molecular weight is 634 g/mol. The first kappa shape index (κ1) is 214. The maximum atomic E-state index is 6.25. The fourth-order valence-corrected chi connectivity index (χ4v) is 0. The first-order valence-corrected chi connectivity index (χ1v) is 2.68. The molecule has 33 heavy (non-hydrogen) atoms. The Balaban J connectivity index is -0.00000000244. The van der Waals surface area contributed by atoms with Gasteiger partial charge in [0.1, 0.15) is 0 Å². The van der Waals surface area contributed by atoms with Crippen LogP contribution in [0.1, 0.15) is 0 Å². The van der Waals surface area contributed by atoms with Crippen LogP contribution >= 0.6 is 0 Å². The monoisotopic (exact) mass is 634 g/mol. The first-order valence-electron chi connectivity index (χ1n) is 2.68. The molecule has 0 unspecified atom stereocenters. The molecule has 0 aromatic heterocycles. The van der Waals surface area contributed by atoms with Gasteiger partial charge in [-0.05, 0) is 0 Å². The van der Waals surface area contributed by atoms with E-state index in [9.17, 15) is 0 Å². The number of rotatable bonds is 0. The van der Waals surface area contributed by atoms with Crippen LogP contribution in [0.5, 0.6) is 0 Å². The topological polar surface area (TPSA) is 380 Å². The van der Waals surface area contributed by atoms with E-state index in [0.717, 1.165) is 0 Å². The van der Waals surface area contributed by atoms with E-state index in [2.05, 4.69) is 0 Å². The summed E-state index contributed by atoms with van der Waals surface area (Å²) in [5, 5.41) is 75.0. The average Bonchev–Trinajstić information content (AvgIpc) is 2.84. The van der Waals surface area contributed by atoms with E-state index in [1.807, 2.05) is 0 Å². The van der Waals surface area contributed by atoms with Crippen molar-refractivity contribution < 1.29 is 256 Å². The van der Waals surface area contributed by atoms with Crippen LogP contribution in [0.2, 0.25) is 0 Å². The molecule has 0 saturated carbocycles. The van der Waals surface area contributed by atoms with Crippen molar-refractivity contribution in [1.82, 2.24) is 0 Å². The molecule has 0 aliphatic rings. The van der Waals surface area contributed by atoms with Crippen LogP contribution in [0.15, 0.2) is 0 Å². The van der Waals surface area contributed by atoms with Gasteiger partial charge < -0.3 is 158 Å². The van der Waals surface area contributed by atoms with Crippen LogP contribution in [-0.4, -0.2) is 16.4 Å². The smallest absolute Gasteiger partial charge is 0.512 e. The molecule has 21 heteroatoms. The zero-order valence-electron chi connectivity index (χ0n) is 17.6. The molecule has 0 spiro atoms. The van der Waals surface area contributed by atoms with E-state index in [0.29, 0.717) is 0 Å². The number of nitrogens with zero attached hydrogens (tertiary/aromatic N) is 12. The molecule has 0 atom stereocenters. The molecule has 0 aliphatic heterocycles. The summed E-state index contributed by atoms with van der Waals surface area (Å²) in [7, 11) is 0. The fourth-order valence-electron chi connectivity index (χ4n) is 0. The molecule has 0 bridgehead atoms. The van der Waals surface area contributed by atoms with Gasteiger partial charge in [0.2, 0.25) is 0 Å². The summed E-state index contributed by atoms with van der Waals surface area (Å²) in [4.78, 5) is 0. The Morgan fingerprint density at radius 3 is 0.182 bits per heavy atom. The van der Waals surface area contributed by atoms with Gasteiger partial charge in [0.05, 0.1) is 0 Å². The Bertz CT molecular complexity index is 252. The van der Waals surface area contributed by atoms with Gasteiger partial charge in [-0.25, -0.2) is 0 Å². The predicted octanol–water partition coefficient (Wildman–Crippen LogP) is -13.3. The van der Waals surface area contributed by atoms with Crippen molar-refractivity contribution >= 4 is 0 Å². The molecule has 15 nitrogen and oxygen atoms in total. The summed E-state index contributed by atoms with van der Waals surface area (Å²) in [6, 6.07) is 0. The van der Waals surface area contributed by atoms with E-state index < -0.39 is 0 Å². The molecule has 0 rings (SSSR count). The van der Waals surface area contributed by atoms with Gasteiger partial charge in [0, 0.05) is 0 Å². The van der Waals surface area contributed by atoms with Crippen LogP contribution in [-0.2, 0) is 34.1 Å². The van der Waals surface area contributed by atoms with Crippen molar-refractivity contribution in [2.45, 2.75) is 0 Å². The van der Waals surface area contributed by atoms with E-state index in [1.54, 1.807) is 0 Å². The van der Waals surface area contributed by atoms with Crippen LogP contribution < -0.4 is 206 Å². The summed E-state index contributed by atoms with van der Waals surface area (Å²) in [5.41, 5.74) is 0. The van der Waals surface area contributed by atoms with E-state index >= 15 is 0 Å².